The topological polar surface area (TPSA) is 70.2 Å². The van der Waals surface area contributed by atoms with Crippen molar-refractivity contribution in [3.63, 3.8) is 0 Å². The van der Waals surface area contributed by atoms with Gasteiger partial charge in [-0.15, -0.1) is 11.3 Å². The number of carbonyl (C=O) groups is 1. The van der Waals surface area contributed by atoms with Gasteiger partial charge in [-0.3, -0.25) is 4.79 Å². The Bertz CT molecular complexity index is 1270. The van der Waals surface area contributed by atoms with Crippen LogP contribution in [0.15, 0.2) is 36.7 Å². The molecule has 1 saturated carbocycles. The van der Waals surface area contributed by atoms with E-state index in [4.69, 9.17) is 23.2 Å². The van der Waals surface area contributed by atoms with E-state index in [1.54, 1.807) is 35.9 Å². The van der Waals surface area contributed by atoms with Gasteiger partial charge in [0.25, 0.3) is 0 Å². The number of nitrogens with one attached hydrogen (secondary N) is 2. The minimum absolute atomic E-state index is 0.0606. The highest BCUT2D eigenvalue weighted by atomic mass is 35.5. The Morgan fingerprint density at radius 1 is 1.22 bits per heavy atom. The number of amides is 1. The third kappa shape index (κ3) is 5.70. The number of aromatic nitrogens is 2. The molecule has 190 valence electrons. The summed E-state index contributed by atoms with van der Waals surface area (Å²) in [5.74, 6) is 1.56. The third-order valence-corrected chi connectivity index (χ3v) is 9.17. The molecule has 1 aliphatic carbocycles. The molecule has 6 nitrogen and oxygen atoms in total. The van der Waals surface area contributed by atoms with Gasteiger partial charge < -0.3 is 15.5 Å². The molecule has 0 radical (unpaired) electrons. The third-order valence-electron chi connectivity index (χ3n) is 7.31. The molecule has 5 rings (SSSR count). The van der Waals surface area contributed by atoms with E-state index >= 15 is 0 Å². The van der Waals surface area contributed by atoms with Crippen molar-refractivity contribution in [3.05, 3.63) is 57.2 Å². The zero-order valence-electron chi connectivity index (χ0n) is 20.4. The van der Waals surface area contributed by atoms with Crippen molar-refractivity contribution in [2.24, 2.45) is 5.92 Å². The summed E-state index contributed by atoms with van der Waals surface area (Å²) in [6, 6.07) is 5.91. The van der Waals surface area contributed by atoms with Crippen LogP contribution in [0.5, 0.6) is 0 Å². The molecule has 1 fully saturated rings. The van der Waals surface area contributed by atoms with E-state index in [1.807, 2.05) is 17.0 Å². The quantitative estimate of drug-likeness (QED) is 0.323. The van der Waals surface area contributed by atoms with E-state index in [-0.39, 0.29) is 5.91 Å². The fraction of sp³-hybridized carbons (Fsp3) is 0.444. The Morgan fingerprint density at radius 3 is 2.86 bits per heavy atom. The number of fused-ring (bicyclic) bond motifs is 3. The molecule has 0 spiro atoms. The molecule has 1 aliphatic heterocycles. The summed E-state index contributed by atoms with van der Waals surface area (Å²) in [4.78, 5) is 25.9. The van der Waals surface area contributed by atoms with E-state index in [9.17, 15) is 4.79 Å². The monoisotopic (exact) mass is 543 g/mol. The van der Waals surface area contributed by atoms with E-state index < -0.39 is 0 Å². The molecule has 1 atom stereocenters. The van der Waals surface area contributed by atoms with E-state index in [0.717, 1.165) is 40.6 Å². The van der Waals surface area contributed by atoms with Crippen LogP contribution in [0.4, 0.5) is 11.5 Å². The molecule has 36 heavy (non-hydrogen) atoms. The number of nitrogens with zero attached hydrogens (tertiary/aromatic N) is 3. The summed E-state index contributed by atoms with van der Waals surface area (Å²) >= 11 is 13.9. The number of hydrogen-bond donors (Lipinski definition) is 2. The largest absolute Gasteiger partial charge is 0.340 e. The lowest BCUT2D eigenvalue weighted by Gasteiger charge is -2.28. The first kappa shape index (κ1) is 25.5. The Balaban J connectivity index is 1.23. The standard InChI is InChI=1S/C27H31Cl2N5OS/c1-17(18-6-3-2-4-7-18)30-12-5-8-24(35)34-13-11-20-23(15-34)36-27-25(20)26(31-16-32-27)33-19-9-10-21(28)22(29)14-19/h5,8-10,14,16-18,30H,2-4,6-7,11-13,15H2,1H3,(H,31,32,33)/b8-5+. The lowest BCUT2D eigenvalue weighted by molar-refractivity contribution is -0.126. The Labute approximate surface area is 226 Å². The minimum atomic E-state index is 0.0606. The van der Waals surface area contributed by atoms with Gasteiger partial charge >= 0.3 is 0 Å². The van der Waals surface area contributed by atoms with Gasteiger partial charge in [-0.1, -0.05) is 48.5 Å². The molecule has 9 heteroatoms. The second kappa shape index (κ2) is 11.5. The Morgan fingerprint density at radius 2 is 2.06 bits per heavy atom. The molecule has 0 bridgehead atoms. The van der Waals surface area contributed by atoms with Crippen molar-refractivity contribution in [1.29, 1.82) is 0 Å². The molecule has 2 aromatic heterocycles. The number of halogens is 2. The van der Waals surface area contributed by atoms with Crippen molar-refractivity contribution >= 4 is 62.2 Å². The first-order valence-electron chi connectivity index (χ1n) is 12.7. The summed E-state index contributed by atoms with van der Waals surface area (Å²) in [5, 5.41) is 8.97. The van der Waals surface area contributed by atoms with Gasteiger partial charge in [0.1, 0.15) is 17.0 Å². The highest BCUT2D eigenvalue weighted by Crippen LogP contribution is 2.38. The molecule has 1 amide bonds. The Hall–Kier alpha value is -2.19. The van der Waals surface area contributed by atoms with Crippen molar-refractivity contribution in [1.82, 2.24) is 20.2 Å². The highest BCUT2D eigenvalue weighted by Gasteiger charge is 2.26. The maximum absolute atomic E-state index is 12.9. The van der Waals surface area contributed by atoms with Crippen LogP contribution in [0.3, 0.4) is 0 Å². The van der Waals surface area contributed by atoms with Crippen LogP contribution in [-0.2, 0) is 17.8 Å². The summed E-state index contributed by atoms with van der Waals surface area (Å²) in [5.41, 5.74) is 2.03. The van der Waals surface area contributed by atoms with E-state index in [1.165, 1.54) is 42.5 Å². The highest BCUT2D eigenvalue weighted by molar-refractivity contribution is 7.19. The summed E-state index contributed by atoms with van der Waals surface area (Å²) < 4.78 is 0. The molecule has 1 aromatic carbocycles. The lowest BCUT2D eigenvalue weighted by Crippen LogP contribution is -2.35. The average molecular weight is 545 g/mol. The second-order valence-electron chi connectivity index (χ2n) is 9.67. The smallest absolute Gasteiger partial charge is 0.246 e. The number of rotatable bonds is 7. The lowest BCUT2D eigenvalue weighted by atomic mass is 9.84. The number of thiophene rings is 1. The van der Waals surface area contributed by atoms with Gasteiger partial charge in [-0.25, -0.2) is 9.97 Å². The Kier molecular flexibility index (Phi) is 8.11. The van der Waals surface area contributed by atoms with Crippen molar-refractivity contribution in [2.75, 3.05) is 18.4 Å². The number of benzene rings is 1. The molecular weight excluding hydrogens is 513 g/mol. The molecule has 3 aromatic rings. The minimum Gasteiger partial charge on any atom is -0.340 e. The number of carbonyl (C=O) groups excluding carboxylic acids is 1. The van der Waals surface area contributed by atoms with Gasteiger partial charge in [0, 0.05) is 35.8 Å². The maximum atomic E-state index is 12.9. The van der Waals surface area contributed by atoms with E-state index in [2.05, 4.69) is 27.5 Å². The molecular formula is C27H31Cl2N5OS. The van der Waals surface area contributed by atoms with Crippen LogP contribution in [0.25, 0.3) is 10.2 Å². The van der Waals surface area contributed by atoms with Crippen LogP contribution in [0.2, 0.25) is 10.0 Å². The van der Waals surface area contributed by atoms with Crippen molar-refractivity contribution in [2.45, 2.75) is 58.0 Å². The van der Waals surface area contributed by atoms with Gasteiger partial charge in [-0.2, -0.15) is 0 Å². The SMILES string of the molecule is CC(NC/C=C/C(=O)N1CCc2c(sc3ncnc(Nc4ccc(Cl)c(Cl)c4)c23)C1)C1CCCCC1. The van der Waals surface area contributed by atoms with Crippen molar-refractivity contribution < 1.29 is 4.79 Å². The van der Waals surface area contributed by atoms with Crippen molar-refractivity contribution in [3.8, 4) is 0 Å². The predicted octanol–water partition coefficient (Wildman–Crippen LogP) is 6.74. The number of anilines is 2. The number of hydrogen-bond acceptors (Lipinski definition) is 6. The fourth-order valence-electron chi connectivity index (χ4n) is 5.24. The van der Waals surface area contributed by atoms with Crippen LogP contribution < -0.4 is 10.6 Å². The van der Waals surface area contributed by atoms with Gasteiger partial charge in [0.15, 0.2) is 0 Å². The summed E-state index contributed by atoms with van der Waals surface area (Å²) in [6.45, 7) is 4.27. The van der Waals surface area contributed by atoms with E-state index in [0.29, 0.717) is 29.2 Å². The predicted molar refractivity (Wildman–Crippen MR) is 149 cm³/mol. The molecule has 0 saturated heterocycles. The summed E-state index contributed by atoms with van der Waals surface area (Å²) in [6.07, 6.45) is 12.7. The first-order valence-corrected chi connectivity index (χ1v) is 14.2. The van der Waals surface area contributed by atoms with Crippen LogP contribution in [-0.4, -0.2) is 39.9 Å². The molecule has 2 aliphatic rings. The van der Waals surface area contributed by atoms with Gasteiger partial charge in [-0.05, 0) is 55.9 Å². The second-order valence-corrected chi connectivity index (χ2v) is 11.6. The maximum Gasteiger partial charge on any atom is 0.246 e. The molecule has 2 N–H and O–H groups in total. The van der Waals surface area contributed by atoms with Crippen LogP contribution >= 0.6 is 34.5 Å². The summed E-state index contributed by atoms with van der Waals surface area (Å²) in [7, 11) is 0. The van der Waals surface area contributed by atoms with Gasteiger partial charge in [0.2, 0.25) is 5.91 Å². The average Bonchev–Trinajstić information content (AvgIpc) is 3.28. The zero-order chi connectivity index (χ0) is 25.1. The first-order chi connectivity index (χ1) is 17.5. The van der Waals surface area contributed by atoms with Crippen LogP contribution in [0.1, 0.15) is 49.5 Å². The normalized spacial score (nSPS) is 17.5. The molecule has 1 unspecified atom stereocenters. The zero-order valence-corrected chi connectivity index (χ0v) is 22.7. The van der Waals surface area contributed by atoms with Gasteiger partial charge in [0.05, 0.1) is 22.0 Å². The van der Waals surface area contributed by atoms with Crippen LogP contribution in [0, 0.1) is 5.92 Å². The fourth-order valence-corrected chi connectivity index (χ4v) is 6.74. The molecule has 3 heterocycles.